The molecule has 0 aliphatic rings. The molecule has 11 heteroatoms. The molecule has 7 nitrogen and oxygen atoms in total. The van der Waals surface area contributed by atoms with Gasteiger partial charge in [0.25, 0.3) is 10.0 Å². The normalized spacial score (nSPS) is 12.2. The maximum Gasteiger partial charge on any atom is 0.264 e. The van der Waals surface area contributed by atoms with Gasteiger partial charge in [-0.25, -0.2) is 12.8 Å². The topological polar surface area (TPSA) is 86.8 Å². The summed E-state index contributed by atoms with van der Waals surface area (Å²) >= 11 is 12.4. The van der Waals surface area contributed by atoms with Gasteiger partial charge in [0.1, 0.15) is 18.4 Å². The standard InChI is InChI=1S/C30H34Cl2FN3O4S/c1-5-28(30(38)34-17-20(2)3)35(18-22-8-10-25(33)11-9-22)29(37)19-36(26-15-23(31)14-24(32)16-26)41(39,40)27-12-6-21(4)7-13-27/h6-16,20,28H,5,17-19H2,1-4H3,(H,34,38)/t28-/m0/s1. The Labute approximate surface area is 251 Å². The number of halogens is 3. The zero-order valence-electron chi connectivity index (χ0n) is 23.4. The number of rotatable bonds is 12. The van der Waals surface area contributed by atoms with Gasteiger partial charge in [0, 0.05) is 23.1 Å². The van der Waals surface area contributed by atoms with Crippen molar-refractivity contribution in [3.8, 4) is 0 Å². The van der Waals surface area contributed by atoms with Gasteiger partial charge in [-0.3, -0.25) is 13.9 Å². The molecule has 1 atom stereocenters. The number of sulfonamides is 1. The predicted molar refractivity (Wildman–Crippen MR) is 161 cm³/mol. The molecular weight excluding hydrogens is 588 g/mol. The maximum atomic E-state index is 14.0. The number of anilines is 1. The van der Waals surface area contributed by atoms with Gasteiger partial charge in [0.2, 0.25) is 11.8 Å². The Bertz CT molecular complexity index is 1450. The monoisotopic (exact) mass is 621 g/mol. The summed E-state index contributed by atoms with van der Waals surface area (Å²) in [6, 6.07) is 15.2. The van der Waals surface area contributed by atoms with Gasteiger partial charge >= 0.3 is 0 Å². The number of benzene rings is 3. The Kier molecular flexibility index (Phi) is 11.2. The molecule has 0 aromatic heterocycles. The molecule has 0 heterocycles. The van der Waals surface area contributed by atoms with Crippen LogP contribution in [0, 0.1) is 18.7 Å². The van der Waals surface area contributed by atoms with E-state index in [0.29, 0.717) is 12.1 Å². The first-order chi connectivity index (χ1) is 19.3. The molecule has 0 unspecified atom stereocenters. The summed E-state index contributed by atoms with van der Waals surface area (Å²) in [6.07, 6.45) is 0.268. The highest BCUT2D eigenvalue weighted by Gasteiger charge is 2.34. The Hall–Kier alpha value is -3.14. The van der Waals surface area contributed by atoms with Crippen molar-refractivity contribution < 1.29 is 22.4 Å². The smallest absolute Gasteiger partial charge is 0.264 e. The largest absolute Gasteiger partial charge is 0.354 e. The molecule has 3 rings (SSSR count). The number of carbonyl (C=O) groups excluding carboxylic acids is 2. The maximum absolute atomic E-state index is 14.0. The van der Waals surface area contributed by atoms with E-state index in [0.717, 1.165) is 9.87 Å². The van der Waals surface area contributed by atoms with Crippen LogP contribution in [0.3, 0.4) is 0 Å². The minimum atomic E-state index is -4.27. The molecule has 1 N–H and O–H groups in total. The van der Waals surface area contributed by atoms with Gasteiger partial charge in [-0.05, 0) is 67.3 Å². The molecule has 3 aromatic carbocycles. The first kappa shape index (κ1) is 32.4. The van der Waals surface area contributed by atoms with Gasteiger partial charge < -0.3 is 10.2 Å². The van der Waals surface area contributed by atoms with Crippen molar-refractivity contribution in [2.45, 2.75) is 51.6 Å². The van der Waals surface area contributed by atoms with Gasteiger partial charge in [0.05, 0.1) is 10.6 Å². The van der Waals surface area contributed by atoms with Crippen molar-refractivity contribution in [1.29, 1.82) is 0 Å². The van der Waals surface area contributed by atoms with E-state index in [4.69, 9.17) is 23.2 Å². The van der Waals surface area contributed by atoms with E-state index in [2.05, 4.69) is 5.32 Å². The lowest BCUT2D eigenvalue weighted by Gasteiger charge is -2.33. The third kappa shape index (κ3) is 8.67. The van der Waals surface area contributed by atoms with Crippen LogP contribution in [0.4, 0.5) is 10.1 Å². The Morgan fingerprint density at radius 2 is 1.54 bits per heavy atom. The highest BCUT2D eigenvalue weighted by molar-refractivity contribution is 7.92. The van der Waals surface area contributed by atoms with Gasteiger partial charge in [0.15, 0.2) is 0 Å². The van der Waals surface area contributed by atoms with Crippen LogP contribution in [0.25, 0.3) is 0 Å². The zero-order valence-corrected chi connectivity index (χ0v) is 25.7. The number of amides is 2. The summed E-state index contributed by atoms with van der Waals surface area (Å²) in [5, 5.41) is 3.24. The fourth-order valence-corrected chi connectivity index (χ4v) is 6.09. The van der Waals surface area contributed by atoms with Crippen molar-refractivity contribution in [3.63, 3.8) is 0 Å². The number of carbonyl (C=O) groups is 2. The number of nitrogens with zero attached hydrogens (tertiary/aromatic N) is 2. The number of aryl methyl sites for hydroxylation is 1. The molecule has 3 aromatic rings. The molecule has 0 saturated heterocycles. The summed E-state index contributed by atoms with van der Waals surface area (Å²) in [6.45, 7) is 7.23. The first-order valence-electron chi connectivity index (χ1n) is 13.2. The van der Waals surface area contributed by atoms with Crippen LogP contribution in [0.5, 0.6) is 0 Å². The fraction of sp³-hybridized carbons (Fsp3) is 0.333. The summed E-state index contributed by atoms with van der Waals surface area (Å²) < 4.78 is 42.4. The van der Waals surface area contributed by atoms with E-state index in [9.17, 15) is 22.4 Å². The third-order valence-corrected chi connectivity index (χ3v) is 8.58. The van der Waals surface area contributed by atoms with E-state index in [1.807, 2.05) is 20.8 Å². The van der Waals surface area contributed by atoms with Gasteiger partial charge in [-0.1, -0.05) is 73.8 Å². The van der Waals surface area contributed by atoms with Crippen molar-refractivity contribution in [1.82, 2.24) is 10.2 Å². The molecule has 0 aliphatic carbocycles. The summed E-state index contributed by atoms with van der Waals surface area (Å²) in [7, 11) is -4.27. The minimum absolute atomic E-state index is 0.0289. The van der Waals surface area contributed by atoms with Gasteiger partial charge in [-0.15, -0.1) is 0 Å². The quantitative estimate of drug-likeness (QED) is 0.260. The summed E-state index contributed by atoms with van der Waals surface area (Å²) in [5.41, 5.74) is 1.53. The molecule has 0 fully saturated rings. The van der Waals surface area contributed by atoms with Crippen LogP contribution in [0.15, 0.2) is 71.6 Å². The highest BCUT2D eigenvalue weighted by atomic mass is 35.5. The van der Waals surface area contributed by atoms with E-state index >= 15 is 0 Å². The van der Waals surface area contributed by atoms with E-state index in [1.165, 1.54) is 59.5 Å². The Morgan fingerprint density at radius 1 is 0.951 bits per heavy atom. The second kappa shape index (κ2) is 14.2. The number of nitrogens with one attached hydrogen (secondary N) is 1. The van der Waals surface area contributed by atoms with Crippen molar-refractivity contribution in [2.75, 3.05) is 17.4 Å². The highest BCUT2D eigenvalue weighted by Crippen LogP contribution is 2.30. The molecule has 0 radical (unpaired) electrons. The Balaban J connectivity index is 2.07. The van der Waals surface area contributed by atoms with Crippen LogP contribution in [0.2, 0.25) is 10.0 Å². The lowest BCUT2D eigenvalue weighted by molar-refractivity contribution is -0.140. The molecule has 220 valence electrons. The van der Waals surface area contributed by atoms with Crippen molar-refractivity contribution >= 4 is 50.7 Å². The third-order valence-electron chi connectivity index (χ3n) is 6.36. The average Bonchev–Trinajstić information content (AvgIpc) is 2.91. The molecule has 0 spiro atoms. The summed E-state index contributed by atoms with van der Waals surface area (Å²) in [4.78, 5) is 28.6. The SMILES string of the molecule is CC[C@@H](C(=O)NCC(C)C)N(Cc1ccc(F)cc1)C(=O)CN(c1cc(Cl)cc(Cl)c1)S(=O)(=O)c1ccc(C)cc1. The average molecular weight is 623 g/mol. The minimum Gasteiger partial charge on any atom is -0.354 e. The molecular formula is C30H34Cl2FN3O4S. The van der Waals surface area contributed by atoms with Crippen LogP contribution >= 0.6 is 23.2 Å². The molecule has 41 heavy (non-hydrogen) atoms. The molecule has 0 saturated carbocycles. The van der Waals surface area contributed by atoms with Crippen molar-refractivity contribution in [3.05, 3.63) is 93.7 Å². The van der Waals surface area contributed by atoms with Crippen LogP contribution < -0.4 is 9.62 Å². The van der Waals surface area contributed by atoms with Crippen LogP contribution in [-0.2, 0) is 26.2 Å². The van der Waals surface area contributed by atoms with E-state index in [-0.39, 0.29) is 45.4 Å². The molecule has 0 aliphatic heterocycles. The van der Waals surface area contributed by atoms with Crippen LogP contribution in [-0.4, -0.2) is 44.3 Å². The number of hydrogen-bond donors (Lipinski definition) is 1. The van der Waals surface area contributed by atoms with Crippen molar-refractivity contribution in [2.24, 2.45) is 5.92 Å². The molecule has 2 amide bonds. The number of hydrogen-bond acceptors (Lipinski definition) is 4. The summed E-state index contributed by atoms with van der Waals surface area (Å²) in [5.74, 6) is -1.26. The second-order valence-corrected chi connectivity index (χ2v) is 12.9. The fourth-order valence-electron chi connectivity index (χ4n) is 4.18. The lowest BCUT2D eigenvalue weighted by atomic mass is 10.1. The second-order valence-electron chi connectivity index (χ2n) is 10.2. The molecule has 0 bridgehead atoms. The zero-order chi connectivity index (χ0) is 30.3. The predicted octanol–water partition coefficient (Wildman–Crippen LogP) is 6.22. The van der Waals surface area contributed by atoms with Crippen LogP contribution in [0.1, 0.15) is 38.3 Å². The first-order valence-corrected chi connectivity index (χ1v) is 15.4. The Morgan fingerprint density at radius 3 is 2.07 bits per heavy atom. The van der Waals surface area contributed by atoms with E-state index in [1.54, 1.807) is 19.1 Å². The lowest BCUT2D eigenvalue weighted by Crippen LogP contribution is -2.52. The van der Waals surface area contributed by atoms with Gasteiger partial charge in [-0.2, -0.15) is 0 Å². The van der Waals surface area contributed by atoms with E-state index < -0.39 is 34.3 Å².